The molecule has 0 radical (unpaired) electrons. The monoisotopic (exact) mass is 224 g/mol. The molecule has 0 aromatic heterocycles. The van der Waals surface area contributed by atoms with Crippen LogP contribution in [-0.4, -0.2) is 11.6 Å². The first kappa shape index (κ1) is 11.7. The van der Waals surface area contributed by atoms with Gasteiger partial charge in [0.15, 0.2) is 0 Å². The molecule has 0 saturated carbocycles. The van der Waals surface area contributed by atoms with Crippen LogP contribution in [0.3, 0.4) is 0 Å². The minimum Gasteiger partial charge on any atom is -0.274 e. The smallest absolute Gasteiger partial charge is 0.236 e. The van der Waals surface area contributed by atoms with Crippen LogP contribution in [0.4, 0.5) is 0 Å². The summed E-state index contributed by atoms with van der Waals surface area (Å²) in [6.07, 6.45) is 0.752. The van der Waals surface area contributed by atoms with Gasteiger partial charge in [0.05, 0.1) is 5.71 Å². The molecule has 0 bridgehead atoms. The fourth-order valence-electron chi connectivity index (χ4n) is 1.14. The highest BCUT2D eigenvalue weighted by molar-refractivity contribution is 6.30. The van der Waals surface area contributed by atoms with Crippen molar-refractivity contribution in [2.24, 2.45) is 5.10 Å². The summed E-state index contributed by atoms with van der Waals surface area (Å²) in [5, 5.41) is 4.70. The van der Waals surface area contributed by atoms with Crippen molar-refractivity contribution in [1.82, 2.24) is 5.43 Å². The second-order valence-electron chi connectivity index (χ2n) is 3.09. The predicted molar refractivity (Wildman–Crippen MR) is 62.1 cm³/mol. The van der Waals surface area contributed by atoms with Gasteiger partial charge in [0.2, 0.25) is 5.91 Å². The Balaban J connectivity index is 2.87. The van der Waals surface area contributed by atoms with Crippen molar-refractivity contribution >= 4 is 23.2 Å². The topological polar surface area (TPSA) is 41.5 Å². The van der Waals surface area contributed by atoms with Crippen molar-refractivity contribution < 1.29 is 4.79 Å². The summed E-state index contributed by atoms with van der Waals surface area (Å²) < 4.78 is 0. The zero-order valence-electron chi connectivity index (χ0n) is 8.75. The molecule has 0 aliphatic heterocycles. The molecule has 3 nitrogen and oxygen atoms in total. The van der Waals surface area contributed by atoms with Gasteiger partial charge in [-0.15, -0.1) is 0 Å². The summed E-state index contributed by atoms with van der Waals surface area (Å²) >= 11 is 5.78. The molecule has 0 heterocycles. The minimum absolute atomic E-state index is 0.171. The lowest BCUT2D eigenvalue weighted by Crippen LogP contribution is -2.16. The number of nitrogens with zero attached hydrogens (tertiary/aromatic N) is 1. The predicted octanol–water partition coefficient (Wildman–Crippen LogP) is 2.59. The van der Waals surface area contributed by atoms with Gasteiger partial charge in [0.25, 0.3) is 0 Å². The second-order valence-corrected chi connectivity index (χ2v) is 3.52. The van der Waals surface area contributed by atoms with Crippen LogP contribution in [0, 0.1) is 0 Å². The van der Waals surface area contributed by atoms with Gasteiger partial charge in [0, 0.05) is 11.9 Å². The molecule has 0 atom stereocenters. The molecule has 0 fully saturated rings. The SMILES string of the molecule is CC/C(=N/NC(C)=O)c1ccc(Cl)cc1. The van der Waals surface area contributed by atoms with E-state index in [1.165, 1.54) is 6.92 Å². The van der Waals surface area contributed by atoms with Crippen molar-refractivity contribution in [3.63, 3.8) is 0 Å². The largest absolute Gasteiger partial charge is 0.274 e. The molecule has 0 aliphatic carbocycles. The number of rotatable bonds is 3. The normalized spacial score (nSPS) is 11.3. The van der Waals surface area contributed by atoms with Gasteiger partial charge >= 0.3 is 0 Å². The quantitative estimate of drug-likeness (QED) is 0.622. The summed E-state index contributed by atoms with van der Waals surface area (Å²) in [6.45, 7) is 3.41. The fraction of sp³-hybridized carbons (Fsp3) is 0.273. The lowest BCUT2D eigenvalue weighted by atomic mass is 10.1. The van der Waals surface area contributed by atoms with E-state index in [-0.39, 0.29) is 5.91 Å². The molecule has 1 N–H and O–H groups in total. The summed E-state index contributed by atoms with van der Waals surface area (Å²) in [5.41, 5.74) is 4.23. The lowest BCUT2D eigenvalue weighted by molar-refractivity contribution is -0.118. The minimum atomic E-state index is -0.171. The van der Waals surface area contributed by atoms with E-state index < -0.39 is 0 Å². The number of hydrogen-bond acceptors (Lipinski definition) is 2. The first-order valence-electron chi connectivity index (χ1n) is 4.72. The number of halogens is 1. The molecule has 0 saturated heterocycles. The number of carbonyl (C=O) groups is 1. The highest BCUT2D eigenvalue weighted by Gasteiger charge is 2.01. The lowest BCUT2D eigenvalue weighted by Gasteiger charge is -2.03. The molecule has 80 valence electrons. The van der Waals surface area contributed by atoms with Crippen molar-refractivity contribution in [1.29, 1.82) is 0 Å². The maximum absolute atomic E-state index is 10.7. The molecule has 1 rings (SSSR count). The van der Waals surface area contributed by atoms with E-state index in [2.05, 4.69) is 10.5 Å². The average Bonchev–Trinajstić information content (AvgIpc) is 2.21. The van der Waals surface area contributed by atoms with Crippen molar-refractivity contribution in [2.75, 3.05) is 0 Å². The highest BCUT2D eigenvalue weighted by atomic mass is 35.5. The highest BCUT2D eigenvalue weighted by Crippen LogP contribution is 2.11. The van der Waals surface area contributed by atoms with E-state index >= 15 is 0 Å². The number of nitrogens with one attached hydrogen (secondary N) is 1. The van der Waals surface area contributed by atoms with Crippen LogP contribution >= 0.6 is 11.6 Å². The number of hydrazone groups is 1. The van der Waals surface area contributed by atoms with E-state index in [1.807, 2.05) is 19.1 Å². The van der Waals surface area contributed by atoms with Crippen LogP contribution in [0.5, 0.6) is 0 Å². The number of amides is 1. The van der Waals surface area contributed by atoms with Gasteiger partial charge in [-0.2, -0.15) is 5.10 Å². The van der Waals surface area contributed by atoms with Gasteiger partial charge in [-0.05, 0) is 24.1 Å². The Kier molecular flexibility index (Phi) is 4.31. The molecule has 0 unspecified atom stereocenters. The van der Waals surface area contributed by atoms with E-state index in [1.54, 1.807) is 12.1 Å². The standard InChI is InChI=1S/C11H13ClN2O/c1-3-11(14-13-8(2)15)9-4-6-10(12)7-5-9/h4-7H,3H2,1-2H3,(H,13,15)/b14-11-. The second kappa shape index (κ2) is 5.51. The van der Waals surface area contributed by atoms with Gasteiger partial charge in [-0.25, -0.2) is 5.43 Å². The molecule has 0 spiro atoms. The van der Waals surface area contributed by atoms with E-state index in [0.717, 1.165) is 17.7 Å². The van der Waals surface area contributed by atoms with Gasteiger partial charge in [-0.3, -0.25) is 4.79 Å². The summed E-state index contributed by atoms with van der Waals surface area (Å²) in [4.78, 5) is 10.7. The maximum atomic E-state index is 10.7. The number of hydrogen-bond donors (Lipinski definition) is 1. The summed E-state index contributed by atoms with van der Waals surface area (Å²) in [5.74, 6) is -0.171. The summed E-state index contributed by atoms with van der Waals surface area (Å²) in [7, 11) is 0. The maximum Gasteiger partial charge on any atom is 0.236 e. The Morgan fingerprint density at radius 2 is 2.00 bits per heavy atom. The molecule has 4 heteroatoms. The van der Waals surface area contributed by atoms with Crippen LogP contribution in [0.15, 0.2) is 29.4 Å². The molecule has 15 heavy (non-hydrogen) atoms. The van der Waals surface area contributed by atoms with Crippen molar-refractivity contribution in [3.05, 3.63) is 34.9 Å². The van der Waals surface area contributed by atoms with Crippen molar-refractivity contribution in [2.45, 2.75) is 20.3 Å². The van der Waals surface area contributed by atoms with Crippen LogP contribution in [-0.2, 0) is 4.79 Å². The van der Waals surface area contributed by atoms with Gasteiger partial charge in [0.1, 0.15) is 0 Å². The van der Waals surface area contributed by atoms with E-state index in [4.69, 9.17) is 11.6 Å². The fourth-order valence-corrected chi connectivity index (χ4v) is 1.26. The molecule has 1 aromatic carbocycles. The molecule has 0 aliphatic rings. The average molecular weight is 225 g/mol. The zero-order chi connectivity index (χ0) is 11.3. The Hall–Kier alpha value is -1.35. The number of carbonyl (C=O) groups excluding carboxylic acids is 1. The van der Waals surface area contributed by atoms with E-state index in [0.29, 0.717) is 5.02 Å². The Labute approximate surface area is 94.1 Å². The van der Waals surface area contributed by atoms with E-state index in [9.17, 15) is 4.79 Å². The zero-order valence-corrected chi connectivity index (χ0v) is 9.51. The van der Waals surface area contributed by atoms with Gasteiger partial charge < -0.3 is 0 Å². The van der Waals surface area contributed by atoms with Gasteiger partial charge in [-0.1, -0.05) is 30.7 Å². The van der Waals surface area contributed by atoms with Crippen LogP contribution in [0.25, 0.3) is 0 Å². The van der Waals surface area contributed by atoms with Crippen LogP contribution < -0.4 is 5.43 Å². The first-order chi connectivity index (χ1) is 7.13. The number of benzene rings is 1. The molecule has 1 amide bonds. The van der Waals surface area contributed by atoms with Crippen molar-refractivity contribution in [3.8, 4) is 0 Å². The first-order valence-corrected chi connectivity index (χ1v) is 5.10. The third-order valence-corrected chi connectivity index (χ3v) is 2.11. The third kappa shape index (κ3) is 3.72. The molecular weight excluding hydrogens is 212 g/mol. The summed E-state index contributed by atoms with van der Waals surface area (Å²) in [6, 6.07) is 7.37. The molecular formula is C11H13ClN2O. The van der Waals surface area contributed by atoms with Crippen LogP contribution in [0.2, 0.25) is 5.02 Å². The Bertz CT molecular complexity index is 371. The Morgan fingerprint density at radius 3 is 2.47 bits per heavy atom. The third-order valence-electron chi connectivity index (χ3n) is 1.86. The molecule has 1 aromatic rings. The van der Waals surface area contributed by atoms with Crippen LogP contribution in [0.1, 0.15) is 25.8 Å². The Morgan fingerprint density at radius 1 is 1.40 bits per heavy atom.